The fourth-order valence-electron chi connectivity index (χ4n) is 1.14. The molecule has 0 heterocycles. The molecule has 64 valence electrons. The Hall–Kier alpha value is -0.520. The Balaban J connectivity index is 4.11. The number of allylic oxidation sites excluding steroid dienone is 3. The molecule has 0 aliphatic heterocycles. The molecule has 0 aliphatic rings. The smallest absolute Gasteiger partial charge is 0.0206 e. The first-order valence-electron chi connectivity index (χ1n) is 4.42. The summed E-state index contributed by atoms with van der Waals surface area (Å²) in [5.41, 5.74) is 1.44. The average molecular weight is 152 g/mol. The highest BCUT2D eigenvalue weighted by molar-refractivity contribution is 5.10. The van der Waals surface area contributed by atoms with Gasteiger partial charge in [-0.1, -0.05) is 51.5 Å². The Morgan fingerprint density at radius 1 is 1.45 bits per heavy atom. The van der Waals surface area contributed by atoms with Crippen molar-refractivity contribution >= 4 is 0 Å². The van der Waals surface area contributed by atoms with Crippen LogP contribution in [0, 0.1) is 11.8 Å². The summed E-state index contributed by atoms with van der Waals surface area (Å²) >= 11 is 0. The van der Waals surface area contributed by atoms with Gasteiger partial charge in [-0.2, -0.15) is 0 Å². The summed E-state index contributed by atoms with van der Waals surface area (Å²) in [5.74, 6) is 1.48. The lowest BCUT2D eigenvalue weighted by Gasteiger charge is -2.18. The molecule has 0 radical (unpaired) electrons. The van der Waals surface area contributed by atoms with Crippen molar-refractivity contribution in [3.05, 3.63) is 24.3 Å². The predicted octanol–water partition coefficient (Wildman–Crippen LogP) is 3.80. The number of rotatable bonds is 4. The lowest BCUT2D eigenvalue weighted by atomic mass is 9.87. The Morgan fingerprint density at radius 2 is 2.00 bits per heavy atom. The van der Waals surface area contributed by atoms with Crippen molar-refractivity contribution in [3.63, 3.8) is 0 Å². The highest BCUT2D eigenvalue weighted by Gasteiger charge is 2.10. The zero-order valence-electron chi connectivity index (χ0n) is 8.22. The van der Waals surface area contributed by atoms with E-state index in [0.717, 1.165) is 5.92 Å². The maximum atomic E-state index is 3.69. The molecule has 11 heavy (non-hydrogen) atoms. The minimum absolute atomic E-state index is 0.693. The predicted molar refractivity (Wildman–Crippen MR) is 52.6 cm³/mol. The Labute approximate surface area is 71.0 Å². The summed E-state index contributed by atoms with van der Waals surface area (Å²) in [5, 5.41) is 0. The van der Waals surface area contributed by atoms with Gasteiger partial charge in [-0.15, -0.1) is 0 Å². The van der Waals surface area contributed by atoms with Crippen molar-refractivity contribution in [2.24, 2.45) is 11.8 Å². The van der Waals surface area contributed by atoms with Gasteiger partial charge in [-0.3, -0.25) is 0 Å². The fraction of sp³-hybridized carbons (Fsp3) is 0.636. The summed E-state index contributed by atoms with van der Waals surface area (Å²) in [4.78, 5) is 0. The molecule has 0 aromatic heterocycles. The van der Waals surface area contributed by atoms with Gasteiger partial charge in [-0.25, -0.2) is 0 Å². The van der Waals surface area contributed by atoms with Crippen LogP contribution in [0.4, 0.5) is 0 Å². The zero-order chi connectivity index (χ0) is 8.85. The molecule has 0 heteroatoms. The molecule has 0 aliphatic carbocycles. The van der Waals surface area contributed by atoms with Crippen LogP contribution in [-0.4, -0.2) is 0 Å². The van der Waals surface area contributed by atoms with E-state index in [1.165, 1.54) is 12.0 Å². The van der Waals surface area contributed by atoms with E-state index < -0.39 is 0 Å². The van der Waals surface area contributed by atoms with Gasteiger partial charge < -0.3 is 0 Å². The minimum Gasteiger partial charge on any atom is -0.0991 e. The summed E-state index contributed by atoms with van der Waals surface area (Å²) in [7, 11) is 0. The van der Waals surface area contributed by atoms with E-state index in [2.05, 4.69) is 40.3 Å². The van der Waals surface area contributed by atoms with Crippen molar-refractivity contribution < 1.29 is 0 Å². The number of hydrogen-bond acceptors (Lipinski definition) is 0. The molecule has 0 saturated heterocycles. The van der Waals surface area contributed by atoms with Gasteiger partial charge in [0.1, 0.15) is 0 Å². The Bertz CT molecular complexity index is 142. The van der Waals surface area contributed by atoms with Crippen LogP contribution in [0.5, 0.6) is 0 Å². The molecule has 0 aromatic rings. The van der Waals surface area contributed by atoms with E-state index in [-0.39, 0.29) is 0 Å². The minimum atomic E-state index is 0.693. The molecule has 2 atom stereocenters. The maximum Gasteiger partial charge on any atom is -0.0206 e. The fourth-order valence-corrected chi connectivity index (χ4v) is 1.14. The van der Waals surface area contributed by atoms with E-state index in [1.807, 2.05) is 6.08 Å². The summed E-state index contributed by atoms with van der Waals surface area (Å²) in [6.07, 6.45) is 5.23. The third-order valence-electron chi connectivity index (χ3n) is 2.60. The van der Waals surface area contributed by atoms with Crippen LogP contribution in [0.3, 0.4) is 0 Å². The highest BCUT2D eigenvalue weighted by atomic mass is 14.2. The van der Waals surface area contributed by atoms with Crippen molar-refractivity contribution in [2.75, 3.05) is 0 Å². The van der Waals surface area contributed by atoms with E-state index in [0.29, 0.717) is 5.92 Å². The van der Waals surface area contributed by atoms with Gasteiger partial charge in [-0.05, 0) is 18.8 Å². The van der Waals surface area contributed by atoms with Gasteiger partial charge in [0.2, 0.25) is 0 Å². The van der Waals surface area contributed by atoms with E-state index in [1.54, 1.807) is 0 Å². The lowest BCUT2D eigenvalue weighted by Crippen LogP contribution is -2.07. The highest BCUT2D eigenvalue weighted by Crippen LogP contribution is 2.21. The Morgan fingerprint density at radius 3 is 2.36 bits per heavy atom. The van der Waals surface area contributed by atoms with Crippen LogP contribution in [0.2, 0.25) is 0 Å². The number of hydrogen-bond donors (Lipinski definition) is 0. The third kappa shape index (κ3) is 3.41. The van der Waals surface area contributed by atoms with Crippen LogP contribution in [-0.2, 0) is 0 Å². The van der Waals surface area contributed by atoms with Crippen LogP contribution in [0.25, 0.3) is 0 Å². The first kappa shape index (κ1) is 10.5. The largest absolute Gasteiger partial charge is 0.0991 e. The SMILES string of the molecule is C=C/C=C(/C)C(C)C(C)CC. The van der Waals surface area contributed by atoms with Crippen LogP contribution in [0.1, 0.15) is 34.1 Å². The maximum absolute atomic E-state index is 3.69. The van der Waals surface area contributed by atoms with Gasteiger partial charge in [0, 0.05) is 0 Å². The van der Waals surface area contributed by atoms with Crippen molar-refractivity contribution in [3.8, 4) is 0 Å². The first-order chi connectivity index (χ1) is 5.13. The molecule has 2 unspecified atom stereocenters. The van der Waals surface area contributed by atoms with E-state index >= 15 is 0 Å². The standard InChI is InChI=1S/C11H20/c1-6-8-10(4)11(5)9(3)7-2/h6,8-9,11H,1,7H2,2-5H3/b10-8-. The van der Waals surface area contributed by atoms with E-state index in [4.69, 9.17) is 0 Å². The molecule has 0 fully saturated rings. The topological polar surface area (TPSA) is 0 Å². The normalized spacial score (nSPS) is 17.6. The average Bonchev–Trinajstić information content (AvgIpc) is 2.02. The molecular weight excluding hydrogens is 132 g/mol. The summed E-state index contributed by atoms with van der Waals surface area (Å²) in [6.45, 7) is 12.7. The molecular formula is C11H20. The zero-order valence-corrected chi connectivity index (χ0v) is 8.22. The molecule has 0 N–H and O–H groups in total. The molecule has 0 saturated carbocycles. The lowest BCUT2D eigenvalue weighted by molar-refractivity contribution is 0.427. The van der Waals surface area contributed by atoms with E-state index in [9.17, 15) is 0 Å². The monoisotopic (exact) mass is 152 g/mol. The molecule has 0 nitrogen and oxygen atoms in total. The van der Waals surface area contributed by atoms with Crippen molar-refractivity contribution in [2.45, 2.75) is 34.1 Å². The first-order valence-corrected chi connectivity index (χ1v) is 4.42. The van der Waals surface area contributed by atoms with Gasteiger partial charge in [0.25, 0.3) is 0 Å². The molecule has 0 aromatic carbocycles. The summed E-state index contributed by atoms with van der Waals surface area (Å²) < 4.78 is 0. The van der Waals surface area contributed by atoms with Gasteiger partial charge in [0.15, 0.2) is 0 Å². The van der Waals surface area contributed by atoms with Crippen LogP contribution in [0.15, 0.2) is 24.3 Å². The summed E-state index contributed by atoms with van der Waals surface area (Å²) in [6, 6.07) is 0. The molecule has 0 amide bonds. The van der Waals surface area contributed by atoms with Crippen LogP contribution < -0.4 is 0 Å². The quantitative estimate of drug-likeness (QED) is 0.537. The second-order valence-corrected chi connectivity index (χ2v) is 3.32. The molecule has 0 spiro atoms. The second-order valence-electron chi connectivity index (χ2n) is 3.32. The van der Waals surface area contributed by atoms with Gasteiger partial charge in [0.05, 0.1) is 0 Å². The van der Waals surface area contributed by atoms with Crippen molar-refractivity contribution in [1.82, 2.24) is 0 Å². The van der Waals surface area contributed by atoms with Crippen molar-refractivity contribution in [1.29, 1.82) is 0 Å². The second kappa shape index (κ2) is 5.17. The Kier molecular flexibility index (Phi) is 4.93. The van der Waals surface area contributed by atoms with Gasteiger partial charge >= 0.3 is 0 Å². The molecule has 0 bridgehead atoms. The van der Waals surface area contributed by atoms with Crippen LogP contribution >= 0.6 is 0 Å². The third-order valence-corrected chi connectivity index (χ3v) is 2.60. The molecule has 0 rings (SSSR count).